The third-order valence-electron chi connectivity index (χ3n) is 5.32. The van der Waals surface area contributed by atoms with Crippen LogP contribution < -0.4 is 11.1 Å². The molecule has 10 nitrogen and oxygen atoms in total. The van der Waals surface area contributed by atoms with Gasteiger partial charge >= 0.3 is 0 Å². The van der Waals surface area contributed by atoms with Gasteiger partial charge in [0.25, 0.3) is 0 Å². The van der Waals surface area contributed by atoms with E-state index in [9.17, 15) is 5.11 Å². The van der Waals surface area contributed by atoms with Gasteiger partial charge in [-0.25, -0.2) is 4.98 Å². The Morgan fingerprint density at radius 3 is 2.70 bits per heavy atom. The summed E-state index contributed by atoms with van der Waals surface area (Å²) in [5.41, 5.74) is 8.23. The number of aromatic nitrogens is 4. The van der Waals surface area contributed by atoms with Crippen LogP contribution in [-0.2, 0) is 20.8 Å². The van der Waals surface area contributed by atoms with Gasteiger partial charge < -0.3 is 30.4 Å². The monoisotopic (exact) mass is 412 g/mol. The Morgan fingerprint density at radius 2 is 1.93 bits per heavy atom. The van der Waals surface area contributed by atoms with Gasteiger partial charge in [0.2, 0.25) is 5.95 Å². The standard InChI is InChI=1S/C20H24N6O4/c1-20(2)29-14-12(9-27)28-18(15(14)30-20)26-10-23-13-16(21)24-19(25-17(13)26)22-8-11-6-4-3-5-7-11/h3-7,10,12,14-15,18,27H,8-9H2,1-2H3,(H3,21,22,24,25)/t12-,14-,15-,18-/m1/s1. The summed E-state index contributed by atoms with van der Waals surface area (Å²) in [5.74, 6) is -0.105. The summed E-state index contributed by atoms with van der Waals surface area (Å²) in [6.07, 6.45) is -0.259. The van der Waals surface area contributed by atoms with Gasteiger partial charge in [0.1, 0.15) is 23.8 Å². The Balaban J connectivity index is 1.47. The molecule has 0 spiro atoms. The zero-order valence-corrected chi connectivity index (χ0v) is 16.7. The largest absolute Gasteiger partial charge is 0.394 e. The number of benzene rings is 1. The fraction of sp³-hybridized carbons (Fsp3) is 0.450. The normalized spacial score (nSPS) is 27.4. The maximum atomic E-state index is 9.74. The Bertz CT molecular complexity index is 1060. The van der Waals surface area contributed by atoms with Gasteiger partial charge in [-0.2, -0.15) is 9.97 Å². The quantitative estimate of drug-likeness (QED) is 0.570. The zero-order chi connectivity index (χ0) is 20.9. The third-order valence-corrected chi connectivity index (χ3v) is 5.32. The molecule has 158 valence electrons. The van der Waals surface area contributed by atoms with Crippen molar-refractivity contribution in [3.8, 4) is 0 Å². The van der Waals surface area contributed by atoms with Crippen molar-refractivity contribution >= 4 is 22.9 Å². The second-order valence-corrected chi connectivity index (χ2v) is 7.91. The molecule has 0 bridgehead atoms. The molecule has 4 N–H and O–H groups in total. The number of aliphatic hydroxyl groups is 1. The van der Waals surface area contributed by atoms with Gasteiger partial charge in [0.05, 0.1) is 12.9 Å². The molecule has 3 aromatic rings. The average Bonchev–Trinajstić information content (AvgIpc) is 3.38. The summed E-state index contributed by atoms with van der Waals surface area (Å²) in [4.78, 5) is 13.3. The summed E-state index contributed by atoms with van der Waals surface area (Å²) in [6.45, 7) is 4.07. The molecule has 4 atom stereocenters. The smallest absolute Gasteiger partial charge is 0.227 e. The van der Waals surface area contributed by atoms with E-state index in [1.54, 1.807) is 10.9 Å². The fourth-order valence-corrected chi connectivity index (χ4v) is 4.01. The number of fused-ring (bicyclic) bond motifs is 2. The summed E-state index contributed by atoms with van der Waals surface area (Å²) in [6, 6.07) is 9.94. The second-order valence-electron chi connectivity index (χ2n) is 7.91. The minimum atomic E-state index is -0.766. The molecule has 2 aliphatic rings. The lowest BCUT2D eigenvalue weighted by molar-refractivity contribution is -0.199. The molecule has 30 heavy (non-hydrogen) atoms. The molecule has 0 unspecified atom stereocenters. The highest BCUT2D eigenvalue weighted by atomic mass is 16.8. The zero-order valence-electron chi connectivity index (χ0n) is 16.7. The molecule has 2 fully saturated rings. The van der Waals surface area contributed by atoms with Gasteiger partial charge in [0.15, 0.2) is 23.5 Å². The predicted octanol–water partition coefficient (Wildman–Crippen LogP) is 1.43. The van der Waals surface area contributed by atoms with E-state index < -0.39 is 24.2 Å². The molecular weight excluding hydrogens is 388 g/mol. The van der Waals surface area contributed by atoms with Crippen molar-refractivity contribution in [1.82, 2.24) is 19.5 Å². The molecule has 5 rings (SSSR count). The van der Waals surface area contributed by atoms with E-state index in [-0.39, 0.29) is 18.5 Å². The first-order valence-corrected chi connectivity index (χ1v) is 9.85. The van der Waals surface area contributed by atoms with Gasteiger partial charge in [-0.15, -0.1) is 0 Å². The molecular formula is C20H24N6O4. The van der Waals surface area contributed by atoms with Crippen LogP contribution >= 0.6 is 0 Å². The number of nitrogens with one attached hydrogen (secondary N) is 1. The summed E-state index contributed by atoms with van der Waals surface area (Å²) in [7, 11) is 0. The lowest BCUT2D eigenvalue weighted by Crippen LogP contribution is -2.31. The van der Waals surface area contributed by atoms with Crippen LogP contribution in [-0.4, -0.2) is 55.3 Å². The van der Waals surface area contributed by atoms with Crippen molar-refractivity contribution in [3.63, 3.8) is 0 Å². The minimum absolute atomic E-state index is 0.176. The van der Waals surface area contributed by atoms with Crippen LogP contribution in [0.15, 0.2) is 36.7 Å². The molecule has 4 heterocycles. The van der Waals surface area contributed by atoms with Gasteiger partial charge in [0, 0.05) is 6.54 Å². The number of imidazole rings is 1. The highest BCUT2D eigenvalue weighted by Gasteiger charge is 2.56. The number of hydrogen-bond donors (Lipinski definition) is 3. The summed E-state index contributed by atoms with van der Waals surface area (Å²) < 4.78 is 19.8. The van der Waals surface area contributed by atoms with Crippen LogP contribution in [0.1, 0.15) is 25.6 Å². The Labute approximate surface area is 173 Å². The van der Waals surface area contributed by atoms with Crippen molar-refractivity contribution in [2.75, 3.05) is 17.7 Å². The highest BCUT2D eigenvalue weighted by Crippen LogP contribution is 2.43. The molecule has 2 aliphatic heterocycles. The number of ether oxygens (including phenoxy) is 3. The Morgan fingerprint density at radius 1 is 1.17 bits per heavy atom. The van der Waals surface area contributed by atoms with Gasteiger partial charge in [-0.3, -0.25) is 4.57 Å². The van der Waals surface area contributed by atoms with E-state index in [0.29, 0.717) is 23.7 Å². The molecule has 0 aliphatic carbocycles. The molecule has 2 aromatic heterocycles. The first kappa shape index (κ1) is 19.2. The lowest BCUT2D eigenvalue weighted by Gasteiger charge is -2.24. The van der Waals surface area contributed by atoms with Crippen LogP contribution in [0.2, 0.25) is 0 Å². The number of nitrogens with two attached hydrogens (primary N) is 1. The van der Waals surface area contributed by atoms with Crippen LogP contribution in [0.25, 0.3) is 11.2 Å². The van der Waals surface area contributed by atoms with Gasteiger partial charge in [-0.1, -0.05) is 30.3 Å². The fourth-order valence-electron chi connectivity index (χ4n) is 4.01. The van der Waals surface area contributed by atoms with Crippen molar-refractivity contribution in [2.45, 2.75) is 50.7 Å². The lowest BCUT2D eigenvalue weighted by atomic mass is 10.1. The molecule has 1 aromatic carbocycles. The van der Waals surface area contributed by atoms with Crippen molar-refractivity contribution < 1.29 is 19.3 Å². The van der Waals surface area contributed by atoms with Crippen LogP contribution in [0.4, 0.5) is 11.8 Å². The molecule has 10 heteroatoms. The average molecular weight is 412 g/mol. The van der Waals surface area contributed by atoms with E-state index in [1.165, 1.54) is 0 Å². The van der Waals surface area contributed by atoms with Crippen LogP contribution in [0.5, 0.6) is 0 Å². The molecule has 0 radical (unpaired) electrons. The Kier molecular flexibility index (Phi) is 4.58. The topological polar surface area (TPSA) is 130 Å². The van der Waals surface area contributed by atoms with E-state index in [0.717, 1.165) is 5.56 Å². The first-order valence-electron chi connectivity index (χ1n) is 9.85. The maximum Gasteiger partial charge on any atom is 0.227 e. The number of hydrogen-bond acceptors (Lipinski definition) is 9. The minimum Gasteiger partial charge on any atom is -0.394 e. The van der Waals surface area contributed by atoms with Crippen LogP contribution in [0.3, 0.4) is 0 Å². The molecule has 0 saturated carbocycles. The Hall–Kier alpha value is -2.79. The van der Waals surface area contributed by atoms with E-state index in [2.05, 4.69) is 20.3 Å². The van der Waals surface area contributed by atoms with Gasteiger partial charge in [-0.05, 0) is 19.4 Å². The van der Waals surface area contributed by atoms with E-state index in [4.69, 9.17) is 19.9 Å². The van der Waals surface area contributed by atoms with Crippen molar-refractivity contribution in [2.24, 2.45) is 0 Å². The number of anilines is 2. The number of aliphatic hydroxyl groups excluding tert-OH is 1. The molecule has 0 amide bonds. The second kappa shape index (κ2) is 7.17. The van der Waals surface area contributed by atoms with E-state index >= 15 is 0 Å². The van der Waals surface area contributed by atoms with E-state index in [1.807, 2.05) is 44.2 Å². The summed E-state index contributed by atoms with van der Waals surface area (Å²) in [5, 5.41) is 12.9. The first-order chi connectivity index (χ1) is 14.4. The van der Waals surface area contributed by atoms with Crippen molar-refractivity contribution in [1.29, 1.82) is 0 Å². The highest BCUT2D eigenvalue weighted by molar-refractivity contribution is 5.83. The number of rotatable bonds is 5. The molecule has 2 saturated heterocycles. The SMILES string of the molecule is CC1(C)O[C@@H]2[C@H](O1)[C@@H](CO)O[C@H]2n1cnc2c(N)nc(NCc3ccccc3)nc21. The van der Waals surface area contributed by atoms with Crippen LogP contribution in [0, 0.1) is 0 Å². The third kappa shape index (κ3) is 3.27. The maximum absolute atomic E-state index is 9.74. The predicted molar refractivity (Wildman–Crippen MR) is 108 cm³/mol. The number of nitrogen functional groups attached to an aromatic ring is 1. The van der Waals surface area contributed by atoms with Crippen molar-refractivity contribution in [3.05, 3.63) is 42.2 Å². The summed E-state index contributed by atoms with van der Waals surface area (Å²) >= 11 is 0. The number of nitrogens with zero attached hydrogens (tertiary/aromatic N) is 4.